The molecule has 0 radical (unpaired) electrons. The number of thiophene rings is 1. The van der Waals surface area contributed by atoms with Crippen LogP contribution in [0.5, 0.6) is 6.01 Å². The summed E-state index contributed by atoms with van der Waals surface area (Å²) in [5.74, 6) is 0.508. The number of halogens is 1. The second-order valence-electron chi connectivity index (χ2n) is 4.19. The van der Waals surface area contributed by atoms with E-state index in [2.05, 4.69) is 30.8 Å². The predicted molar refractivity (Wildman–Crippen MR) is 83.0 cm³/mol. The highest BCUT2D eigenvalue weighted by molar-refractivity contribution is 9.11. The molecule has 0 unspecified atom stereocenters. The van der Waals surface area contributed by atoms with Crippen LogP contribution < -0.4 is 9.46 Å². The SMILES string of the molecule is CCn1c(OC)nnc1[C@@H](C)NS(=O)(=O)c1ccc(Br)s1. The normalized spacial score (nSPS) is 13.3. The van der Waals surface area contributed by atoms with E-state index in [1.807, 2.05) is 6.92 Å². The van der Waals surface area contributed by atoms with Gasteiger partial charge in [0.2, 0.25) is 0 Å². The lowest BCUT2D eigenvalue weighted by Gasteiger charge is -2.14. The van der Waals surface area contributed by atoms with Crippen molar-refractivity contribution in [2.45, 2.75) is 30.6 Å². The maximum atomic E-state index is 12.3. The molecule has 0 aromatic carbocycles. The van der Waals surface area contributed by atoms with Crippen molar-refractivity contribution in [3.8, 4) is 6.01 Å². The van der Waals surface area contributed by atoms with E-state index in [1.54, 1.807) is 23.6 Å². The summed E-state index contributed by atoms with van der Waals surface area (Å²) in [5.41, 5.74) is 0. The van der Waals surface area contributed by atoms with Gasteiger partial charge in [0.15, 0.2) is 5.82 Å². The largest absolute Gasteiger partial charge is 0.467 e. The topological polar surface area (TPSA) is 86.1 Å². The van der Waals surface area contributed by atoms with Crippen LogP contribution in [0.1, 0.15) is 25.7 Å². The summed E-state index contributed by atoms with van der Waals surface area (Å²) in [5, 5.41) is 7.88. The maximum absolute atomic E-state index is 12.3. The number of hydrogen-bond donors (Lipinski definition) is 1. The molecule has 0 amide bonds. The van der Waals surface area contributed by atoms with Crippen LogP contribution in [-0.4, -0.2) is 30.3 Å². The molecule has 0 aliphatic heterocycles. The highest BCUT2D eigenvalue weighted by atomic mass is 79.9. The van der Waals surface area contributed by atoms with Gasteiger partial charge in [0.05, 0.1) is 16.9 Å². The Morgan fingerprint density at radius 3 is 2.71 bits per heavy atom. The van der Waals surface area contributed by atoms with E-state index >= 15 is 0 Å². The lowest BCUT2D eigenvalue weighted by Crippen LogP contribution is -2.28. The number of ether oxygens (including phenoxy) is 1. The number of sulfonamides is 1. The van der Waals surface area contributed by atoms with E-state index in [0.717, 1.165) is 15.1 Å². The first-order valence-corrected chi connectivity index (χ1v) is 9.23. The van der Waals surface area contributed by atoms with Crippen LogP contribution in [0.4, 0.5) is 0 Å². The zero-order valence-corrected chi connectivity index (χ0v) is 14.9. The van der Waals surface area contributed by atoms with E-state index in [0.29, 0.717) is 18.4 Å². The molecule has 0 bridgehead atoms. The van der Waals surface area contributed by atoms with Crippen LogP contribution in [0, 0.1) is 0 Å². The maximum Gasteiger partial charge on any atom is 0.316 e. The highest BCUT2D eigenvalue weighted by Gasteiger charge is 2.24. The summed E-state index contributed by atoms with van der Waals surface area (Å²) >= 11 is 4.40. The third-order valence-electron chi connectivity index (χ3n) is 2.78. The summed E-state index contributed by atoms with van der Waals surface area (Å²) in [6, 6.07) is 3.08. The molecule has 7 nitrogen and oxygen atoms in total. The molecular weight excluding hydrogens is 380 g/mol. The quantitative estimate of drug-likeness (QED) is 0.810. The molecule has 1 N–H and O–H groups in total. The molecule has 10 heteroatoms. The van der Waals surface area contributed by atoms with Gasteiger partial charge in [-0.05, 0) is 41.9 Å². The van der Waals surface area contributed by atoms with Gasteiger partial charge in [-0.15, -0.1) is 16.4 Å². The number of nitrogens with one attached hydrogen (secondary N) is 1. The summed E-state index contributed by atoms with van der Waals surface area (Å²) in [6.07, 6.45) is 0. The fraction of sp³-hybridized carbons (Fsp3) is 0.455. The Balaban J connectivity index is 2.25. The first-order valence-electron chi connectivity index (χ1n) is 6.13. The molecule has 116 valence electrons. The number of nitrogens with zero attached hydrogens (tertiary/aromatic N) is 3. The molecule has 21 heavy (non-hydrogen) atoms. The summed E-state index contributed by atoms with van der Waals surface area (Å²) in [7, 11) is -2.09. The molecule has 0 aliphatic rings. The second-order valence-corrected chi connectivity index (χ2v) is 8.59. The van der Waals surface area contributed by atoms with E-state index in [9.17, 15) is 8.42 Å². The van der Waals surface area contributed by atoms with Gasteiger partial charge in [0.25, 0.3) is 10.0 Å². The van der Waals surface area contributed by atoms with Gasteiger partial charge in [0.1, 0.15) is 4.21 Å². The number of rotatable bonds is 6. The van der Waals surface area contributed by atoms with Crippen LogP contribution >= 0.6 is 27.3 Å². The average molecular weight is 395 g/mol. The molecule has 0 saturated carbocycles. The van der Waals surface area contributed by atoms with Crippen LogP contribution in [0.15, 0.2) is 20.1 Å². The minimum Gasteiger partial charge on any atom is -0.467 e. The monoisotopic (exact) mass is 394 g/mol. The minimum atomic E-state index is -3.59. The lowest BCUT2D eigenvalue weighted by atomic mass is 10.3. The number of methoxy groups -OCH3 is 1. The Morgan fingerprint density at radius 1 is 1.48 bits per heavy atom. The van der Waals surface area contributed by atoms with E-state index in [4.69, 9.17) is 4.74 Å². The van der Waals surface area contributed by atoms with E-state index in [1.165, 1.54) is 7.11 Å². The van der Waals surface area contributed by atoms with Gasteiger partial charge >= 0.3 is 6.01 Å². The predicted octanol–water partition coefficient (Wildman–Crippen LogP) is 2.17. The lowest BCUT2D eigenvalue weighted by molar-refractivity contribution is 0.354. The standard InChI is InChI=1S/C11H15BrN4O3S2/c1-4-16-10(13-14-11(16)19-3)7(2)15-21(17,18)9-6-5-8(12)20-9/h5-7,15H,4H2,1-3H3/t7-/m1/s1. The molecular formula is C11H15BrN4O3S2. The van der Waals surface area contributed by atoms with Gasteiger partial charge in [-0.3, -0.25) is 4.57 Å². The molecule has 0 saturated heterocycles. The summed E-state index contributed by atoms with van der Waals surface area (Å²) < 4.78 is 35.0. The minimum absolute atomic E-state index is 0.246. The van der Waals surface area contributed by atoms with Crippen molar-refractivity contribution in [1.29, 1.82) is 0 Å². The van der Waals surface area contributed by atoms with Crippen LogP contribution in [0.2, 0.25) is 0 Å². The van der Waals surface area contributed by atoms with Crippen molar-refractivity contribution in [3.05, 3.63) is 21.7 Å². The number of hydrogen-bond acceptors (Lipinski definition) is 6. The fourth-order valence-corrected chi connectivity index (χ4v) is 5.08. The van der Waals surface area contributed by atoms with Gasteiger partial charge in [-0.2, -0.15) is 4.72 Å². The van der Waals surface area contributed by atoms with Crippen LogP contribution in [0.25, 0.3) is 0 Å². The Bertz CT molecular complexity index is 726. The van der Waals surface area contributed by atoms with Crippen molar-refractivity contribution in [3.63, 3.8) is 0 Å². The molecule has 0 fully saturated rings. The molecule has 2 aromatic heterocycles. The first-order chi connectivity index (χ1) is 9.89. The van der Waals surface area contributed by atoms with Gasteiger partial charge in [0, 0.05) is 6.54 Å². The Kier molecular flexibility index (Phi) is 5.02. The Labute approximate surface area is 135 Å². The molecule has 2 rings (SSSR count). The smallest absolute Gasteiger partial charge is 0.316 e. The third-order valence-corrected chi connectivity index (χ3v) is 6.43. The van der Waals surface area contributed by atoms with Crippen molar-refractivity contribution in [2.75, 3.05) is 7.11 Å². The molecule has 0 aliphatic carbocycles. The first kappa shape index (κ1) is 16.4. The van der Waals surface area contributed by atoms with Crippen molar-refractivity contribution in [1.82, 2.24) is 19.5 Å². The summed E-state index contributed by atoms with van der Waals surface area (Å²) in [6.45, 7) is 4.21. The van der Waals surface area contributed by atoms with Crippen LogP contribution in [-0.2, 0) is 16.6 Å². The zero-order valence-electron chi connectivity index (χ0n) is 11.7. The van der Waals surface area contributed by atoms with Gasteiger partial charge < -0.3 is 4.74 Å². The fourth-order valence-electron chi connectivity index (χ4n) is 1.85. The molecule has 2 aromatic rings. The number of aromatic nitrogens is 3. The van der Waals surface area contributed by atoms with Crippen LogP contribution in [0.3, 0.4) is 0 Å². The molecule has 1 atom stereocenters. The summed E-state index contributed by atoms with van der Waals surface area (Å²) in [4.78, 5) is 0. The molecule has 0 spiro atoms. The van der Waals surface area contributed by atoms with Crippen molar-refractivity contribution >= 4 is 37.3 Å². The van der Waals surface area contributed by atoms with Crippen molar-refractivity contribution < 1.29 is 13.2 Å². The zero-order chi connectivity index (χ0) is 15.6. The van der Waals surface area contributed by atoms with Crippen molar-refractivity contribution in [2.24, 2.45) is 0 Å². The Hall–Kier alpha value is -0.970. The van der Waals surface area contributed by atoms with Gasteiger partial charge in [-0.25, -0.2) is 8.42 Å². The Morgan fingerprint density at radius 2 is 2.19 bits per heavy atom. The highest BCUT2D eigenvalue weighted by Crippen LogP contribution is 2.27. The van der Waals surface area contributed by atoms with Gasteiger partial charge in [-0.1, -0.05) is 5.10 Å². The van der Waals surface area contributed by atoms with E-state index in [-0.39, 0.29) is 4.21 Å². The molecule has 2 heterocycles. The van der Waals surface area contributed by atoms with E-state index < -0.39 is 16.1 Å². The average Bonchev–Trinajstić information content (AvgIpc) is 3.03. The third kappa shape index (κ3) is 3.44. The second kappa shape index (κ2) is 6.42.